The van der Waals surface area contributed by atoms with Gasteiger partial charge in [-0.1, -0.05) is 56.8 Å². The average molecular weight is 529 g/mol. The molecule has 2 heterocycles. The van der Waals surface area contributed by atoms with Crippen LogP contribution in [0.4, 0.5) is 11.4 Å². The number of carbonyl (C=O) groups is 1. The van der Waals surface area contributed by atoms with Crippen molar-refractivity contribution in [3.63, 3.8) is 0 Å². The van der Waals surface area contributed by atoms with Crippen LogP contribution in [0, 0.1) is 6.57 Å². The molecular weight excluding hydrogens is 500 g/mol. The molecule has 2 aromatic carbocycles. The van der Waals surface area contributed by atoms with Crippen molar-refractivity contribution >= 4 is 29.0 Å². The van der Waals surface area contributed by atoms with Gasteiger partial charge in [0.2, 0.25) is 0 Å². The maximum Gasteiger partial charge on any atom is 0.276 e. The van der Waals surface area contributed by atoms with Gasteiger partial charge in [0, 0.05) is 23.9 Å². The third-order valence-electron chi connectivity index (χ3n) is 5.77. The van der Waals surface area contributed by atoms with E-state index in [1.54, 1.807) is 43.1 Å². The van der Waals surface area contributed by atoms with Crippen LogP contribution in [0.5, 0.6) is 5.75 Å². The van der Waals surface area contributed by atoms with Gasteiger partial charge >= 0.3 is 0 Å². The highest BCUT2D eigenvalue weighted by atomic mass is 32.2. The van der Waals surface area contributed by atoms with Gasteiger partial charge in [-0.15, -0.1) is 0 Å². The molecular formula is C28H28N6O3S. The molecule has 0 spiro atoms. The molecule has 0 radical (unpaired) electrons. The van der Waals surface area contributed by atoms with E-state index in [2.05, 4.69) is 46.0 Å². The van der Waals surface area contributed by atoms with Gasteiger partial charge in [0.05, 0.1) is 25.1 Å². The average Bonchev–Trinajstić information content (AvgIpc) is 3.30. The van der Waals surface area contributed by atoms with Gasteiger partial charge in [0.25, 0.3) is 17.2 Å². The van der Waals surface area contributed by atoms with E-state index in [-0.39, 0.29) is 17.0 Å². The third kappa shape index (κ3) is 5.95. The number of aromatic nitrogens is 4. The summed E-state index contributed by atoms with van der Waals surface area (Å²) in [6, 6.07) is 16.4. The molecule has 194 valence electrons. The van der Waals surface area contributed by atoms with Gasteiger partial charge in [-0.2, -0.15) is 5.10 Å². The van der Waals surface area contributed by atoms with E-state index in [0.717, 1.165) is 11.3 Å². The fraction of sp³-hybridized carbons (Fsp3) is 0.250. The number of aromatic amines is 1. The van der Waals surface area contributed by atoms with Gasteiger partial charge in [-0.25, -0.2) is 9.83 Å². The molecule has 0 saturated heterocycles. The van der Waals surface area contributed by atoms with E-state index in [1.165, 1.54) is 11.8 Å². The van der Waals surface area contributed by atoms with Crippen LogP contribution in [0.2, 0.25) is 0 Å². The quantitative estimate of drug-likeness (QED) is 0.184. The minimum absolute atomic E-state index is 0.0721. The van der Waals surface area contributed by atoms with Crippen molar-refractivity contribution in [2.45, 2.75) is 37.1 Å². The molecule has 9 nitrogen and oxygen atoms in total. The van der Waals surface area contributed by atoms with Gasteiger partial charge in [0.15, 0.2) is 5.16 Å². The van der Waals surface area contributed by atoms with Crippen LogP contribution in [-0.4, -0.2) is 32.8 Å². The summed E-state index contributed by atoms with van der Waals surface area (Å²) >= 11 is 1.33. The Balaban J connectivity index is 1.52. The van der Waals surface area contributed by atoms with Crippen molar-refractivity contribution < 1.29 is 9.53 Å². The minimum atomic E-state index is -0.498. The van der Waals surface area contributed by atoms with E-state index < -0.39 is 5.56 Å². The number of hydrogen-bond donors (Lipinski definition) is 2. The lowest BCUT2D eigenvalue weighted by Gasteiger charge is -2.13. The molecule has 0 aliphatic rings. The number of hydrogen-bond acceptors (Lipinski definition) is 6. The summed E-state index contributed by atoms with van der Waals surface area (Å²) < 4.78 is 6.86. The number of aryl methyl sites for hydroxylation is 1. The summed E-state index contributed by atoms with van der Waals surface area (Å²) in [5.74, 6) is 0.847. The first-order valence-corrected chi connectivity index (χ1v) is 12.8. The SMILES string of the molecule is [C-]#[N+]c1c(-c2cccc(OC)c2)nc(SCc2cccc(NC(=O)c3cc(C(C)(C)C)nn3C)c2)[nH]c1=O. The molecule has 0 atom stereocenters. The summed E-state index contributed by atoms with van der Waals surface area (Å²) in [5.41, 5.74) is 3.08. The Hall–Kier alpha value is -4.36. The fourth-order valence-corrected chi connectivity index (χ4v) is 4.53. The summed E-state index contributed by atoms with van der Waals surface area (Å²) in [7, 11) is 3.31. The number of H-pyrrole nitrogens is 1. The van der Waals surface area contributed by atoms with Crippen LogP contribution in [0.1, 0.15) is 42.5 Å². The summed E-state index contributed by atoms with van der Waals surface area (Å²) in [5, 5.41) is 7.80. The minimum Gasteiger partial charge on any atom is -0.497 e. The second-order valence-electron chi connectivity index (χ2n) is 9.64. The molecule has 38 heavy (non-hydrogen) atoms. The summed E-state index contributed by atoms with van der Waals surface area (Å²) in [6.07, 6.45) is 0. The van der Waals surface area contributed by atoms with Crippen LogP contribution in [0.15, 0.2) is 64.5 Å². The zero-order chi connectivity index (χ0) is 27.4. The monoisotopic (exact) mass is 528 g/mol. The van der Waals surface area contributed by atoms with Crippen LogP contribution in [0.25, 0.3) is 16.1 Å². The number of anilines is 1. The zero-order valence-corrected chi connectivity index (χ0v) is 22.6. The number of rotatable bonds is 7. The Labute approximate surface area is 225 Å². The van der Waals surface area contributed by atoms with Gasteiger partial charge in [0.1, 0.15) is 11.4 Å². The number of methoxy groups -OCH3 is 1. The highest BCUT2D eigenvalue weighted by Crippen LogP contribution is 2.30. The van der Waals surface area contributed by atoms with E-state index in [4.69, 9.17) is 11.3 Å². The first kappa shape index (κ1) is 26.7. The van der Waals surface area contributed by atoms with Gasteiger partial charge in [-0.3, -0.25) is 14.3 Å². The van der Waals surface area contributed by atoms with Crippen LogP contribution in [-0.2, 0) is 18.2 Å². The number of thioether (sulfide) groups is 1. The number of carbonyl (C=O) groups excluding carboxylic acids is 1. The van der Waals surface area contributed by atoms with Crippen LogP contribution < -0.4 is 15.6 Å². The Morgan fingerprint density at radius 3 is 2.63 bits per heavy atom. The number of benzene rings is 2. The van der Waals surface area contributed by atoms with Crippen molar-refractivity contribution in [3.05, 3.63) is 93.3 Å². The lowest BCUT2D eigenvalue weighted by molar-refractivity contribution is 0.101. The third-order valence-corrected chi connectivity index (χ3v) is 6.71. The number of amides is 1. The molecule has 0 bridgehead atoms. The Morgan fingerprint density at radius 2 is 1.95 bits per heavy atom. The summed E-state index contributed by atoms with van der Waals surface area (Å²) in [6.45, 7) is 13.6. The molecule has 0 aliphatic carbocycles. The Bertz CT molecular complexity index is 1590. The normalized spacial score (nSPS) is 11.2. The molecule has 0 aliphatic heterocycles. The predicted molar refractivity (Wildman–Crippen MR) is 149 cm³/mol. The highest BCUT2D eigenvalue weighted by molar-refractivity contribution is 7.98. The van der Waals surface area contributed by atoms with E-state index >= 15 is 0 Å². The van der Waals surface area contributed by atoms with Gasteiger partial charge < -0.3 is 15.0 Å². The molecule has 1 amide bonds. The first-order valence-electron chi connectivity index (χ1n) is 11.8. The van der Waals surface area contributed by atoms with Crippen LogP contribution >= 0.6 is 11.8 Å². The highest BCUT2D eigenvalue weighted by Gasteiger charge is 2.22. The van der Waals surface area contributed by atoms with Crippen LogP contribution in [0.3, 0.4) is 0 Å². The lowest BCUT2D eigenvalue weighted by Crippen LogP contribution is -2.16. The van der Waals surface area contributed by atoms with Crippen molar-refractivity contribution in [2.24, 2.45) is 7.05 Å². The standard InChI is InChI=1S/C28H28N6O3S/c1-28(2,3)22-15-21(34(5)33-22)25(35)30-19-11-7-9-17(13-19)16-38-27-31-23(24(29-4)26(36)32-27)18-10-8-12-20(14-18)37-6/h7-15H,16H2,1-3,5-6H3,(H,30,35)(H,31,32,36). The first-order chi connectivity index (χ1) is 18.1. The maximum absolute atomic E-state index is 12.9. The topological polar surface area (TPSA) is 106 Å². The lowest BCUT2D eigenvalue weighted by atomic mass is 9.92. The second kappa shape index (κ2) is 10.9. The molecule has 2 N–H and O–H groups in total. The van der Waals surface area contributed by atoms with Crippen molar-refractivity contribution in [2.75, 3.05) is 12.4 Å². The molecule has 0 saturated carbocycles. The maximum atomic E-state index is 12.9. The molecule has 0 unspecified atom stereocenters. The number of ether oxygens (including phenoxy) is 1. The largest absolute Gasteiger partial charge is 0.497 e. The molecule has 10 heteroatoms. The summed E-state index contributed by atoms with van der Waals surface area (Å²) in [4.78, 5) is 36.2. The molecule has 2 aromatic heterocycles. The van der Waals surface area contributed by atoms with E-state index in [0.29, 0.717) is 39.3 Å². The molecule has 4 rings (SSSR count). The zero-order valence-electron chi connectivity index (χ0n) is 21.8. The van der Waals surface area contributed by atoms with Crippen molar-refractivity contribution in [1.29, 1.82) is 0 Å². The number of nitrogens with zero attached hydrogens (tertiary/aromatic N) is 4. The van der Waals surface area contributed by atoms with Crippen molar-refractivity contribution in [3.8, 4) is 17.0 Å². The Morgan fingerprint density at radius 1 is 1.18 bits per heavy atom. The second-order valence-corrected chi connectivity index (χ2v) is 10.6. The molecule has 4 aromatic rings. The number of nitrogens with one attached hydrogen (secondary N) is 2. The van der Waals surface area contributed by atoms with E-state index in [1.807, 2.05) is 30.3 Å². The molecule has 0 fully saturated rings. The smallest absolute Gasteiger partial charge is 0.276 e. The Kier molecular flexibility index (Phi) is 7.69. The predicted octanol–water partition coefficient (Wildman–Crippen LogP) is 5.57. The van der Waals surface area contributed by atoms with E-state index in [9.17, 15) is 9.59 Å². The van der Waals surface area contributed by atoms with Crippen molar-refractivity contribution in [1.82, 2.24) is 19.7 Å². The van der Waals surface area contributed by atoms with Gasteiger partial charge in [-0.05, 0) is 41.5 Å². The fourth-order valence-electron chi connectivity index (χ4n) is 3.72.